The van der Waals surface area contributed by atoms with Crippen molar-refractivity contribution in [2.24, 2.45) is 5.73 Å². The Kier molecular flexibility index (Phi) is 2.59. The molecule has 0 aromatic carbocycles. The minimum atomic E-state index is -0.349. The molecular formula is C9H10N4OS. The standard InChI is InChI=1S/C9H10N4OS/c1-5(8(10)14)15-9-12-6-2-3-11-4-7(6)13-9/h2-5H,1H3,(H2,10,14)(H,12,13). The van der Waals surface area contributed by atoms with E-state index in [4.69, 9.17) is 5.73 Å². The maximum absolute atomic E-state index is 10.9. The fourth-order valence-corrected chi connectivity index (χ4v) is 1.89. The van der Waals surface area contributed by atoms with Gasteiger partial charge in [-0.1, -0.05) is 11.8 Å². The van der Waals surface area contributed by atoms with Crippen molar-refractivity contribution in [3.8, 4) is 0 Å². The molecule has 0 bridgehead atoms. The molecule has 2 aromatic rings. The quantitative estimate of drug-likeness (QED) is 0.756. The summed E-state index contributed by atoms with van der Waals surface area (Å²) in [5.74, 6) is -0.349. The third-order valence-electron chi connectivity index (χ3n) is 1.95. The lowest BCUT2D eigenvalue weighted by atomic mass is 10.4. The van der Waals surface area contributed by atoms with Crippen LogP contribution < -0.4 is 5.73 Å². The minimum absolute atomic E-state index is 0.293. The number of hydrogen-bond donors (Lipinski definition) is 2. The molecule has 2 heterocycles. The number of nitrogens with one attached hydrogen (secondary N) is 1. The summed E-state index contributed by atoms with van der Waals surface area (Å²) in [5, 5.41) is 0.392. The van der Waals surface area contributed by atoms with Crippen LogP contribution in [0.3, 0.4) is 0 Å². The van der Waals surface area contributed by atoms with E-state index in [1.54, 1.807) is 19.3 Å². The summed E-state index contributed by atoms with van der Waals surface area (Å²) < 4.78 is 0. The van der Waals surface area contributed by atoms with Crippen molar-refractivity contribution in [1.82, 2.24) is 15.0 Å². The van der Waals surface area contributed by atoms with Crippen molar-refractivity contribution in [3.63, 3.8) is 0 Å². The Morgan fingerprint density at radius 1 is 1.67 bits per heavy atom. The number of nitrogens with zero attached hydrogens (tertiary/aromatic N) is 2. The summed E-state index contributed by atoms with van der Waals surface area (Å²) in [6.45, 7) is 1.75. The summed E-state index contributed by atoms with van der Waals surface area (Å²) in [7, 11) is 0. The molecule has 1 atom stereocenters. The molecule has 15 heavy (non-hydrogen) atoms. The molecule has 0 saturated carbocycles. The van der Waals surface area contributed by atoms with Gasteiger partial charge in [0.2, 0.25) is 5.91 Å². The van der Waals surface area contributed by atoms with Crippen LogP contribution in [-0.2, 0) is 4.79 Å². The number of aromatic nitrogens is 3. The zero-order valence-electron chi connectivity index (χ0n) is 8.10. The highest BCUT2D eigenvalue weighted by atomic mass is 32.2. The Hall–Kier alpha value is -1.56. The van der Waals surface area contributed by atoms with Crippen LogP contribution in [0, 0.1) is 0 Å². The van der Waals surface area contributed by atoms with E-state index in [-0.39, 0.29) is 11.2 Å². The number of H-pyrrole nitrogens is 1. The lowest BCUT2D eigenvalue weighted by Gasteiger charge is -2.02. The van der Waals surface area contributed by atoms with E-state index in [1.165, 1.54) is 11.8 Å². The average molecular weight is 222 g/mol. The first kappa shape index (κ1) is 9.97. The average Bonchev–Trinajstić information content (AvgIpc) is 2.59. The molecule has 0 aliphatic heterocycles. The van der Waals surface area contributed by atoms with E-state index >= 15 is 0 Å². The SMILES string of the molecule is CC(Sc1nc2ccncc2[nH]1)C(N)=O. The number of carbonyl (C=O) groups is 1. The van der Waals surface area contributed by atoms with E-state index in [0.717, 1.165) is 11.0 Å². The van der Waals surface area contributed by atoms with Gasteiger partial charge in [-0.05, 0) is 13.0 Å². The third-order valence-corrected chi connectivity index (χ3v) is 2.95. The molecule has 5 nitrogen and oxygen atoms in total. The fourth-order valence-electron chi connectivity index (χ4n) is 1.11. The highest BCUT2D eigenvalue weighted by Crippen LogP contribution is 2.22. The largest absolute Gasteiger partial charge is 0.369 e. The summed E-state index contributed by atoms with van der Waals surface area (Å²) in [4.78, 5) is 22.2. The number of nitrogens with two attached hydrogens (primary N) is 1. The van der Waals surface area contributed by atoms with Gasteiger partial charge in [0.1, 0.15) is 0 Å². The Morgan fingerprint density at radius 3 is 3.13 bits per heavy atom. The van der Waals surface area contributed by atoms with E-state index in [1.807, 2.05) is 6.07 Å². The first-order valence-corrected chi connectivity index (χ1v) is 5.30. The van der Waals surface area contributed by atoms with Crippen molar-refractivity contribution in [3.05, 3.63) is 18.5 Å². The lowest BCUT2D eigenvalue weighted by Crippen LogP contribution is -2.22. The maximum atomic E-state index is 10.9. The van der Waals surface area contributed by atoms with Gasteiger partial charge in [0.25, 0.3) is 0 Å². The van der Waals surface area contributed by atoms with Crippen LogP contribution in [-0.4, -0.2) is 26.1 Å². The number of imidazole rings is 1. The Morgan fingerprint density at radius 2 is 2.47 bits per heavy atom. The number of aromatic amines is 1. The number of thioether (sulfide) groups is 1. The van der Waals surface area contributed by atoms with Gasteiger partial charge in [0.05, 0.1) is 22.5 Å². The molecule has 3 N–H and O–H groups in total. The van der Waals surface area contributed by atoms with Gasteiger partial charge < -0.3 is 10.7 Å². The molecule has 6 heteroatoms. The first-order valence-electron chi connectivity index (χ1n) is 4.42. The third kappa shape index (κ3) is 2.10. The number of fused-ring (bicyclic) bond motifs is 1. The normalized spacial score (nSPS) is 12.9. The van der Waals surface area contributed by atoms with Crippen molar-refractivity contribution in [1.29, 1.82) is 0 Å². The molecular weight excluding hydrogens is 212 g/mol. The van der Waals surface area contributed by atoms with Gasteiger partial charge in [-0.3, -0.25) is 9.78 Å². The molecule has 0 aliphatic rings. The molecule has 0 radical (unpaired) electrons. The monoisotopic (exact) mass is 222 g/mol. The Balaban J connectivity index is 2.26. The summed E-state index contributed by atoms with van der Waals surface area (Å²) in [6.07, 6.45) is 3.37. The van der Waals surface area contributed by atoms with E-state index < -0.39 is 0 Å². The van der Waals surface area contributed by atoms with Crippen LogP contribution in [0.1, 0.15) is 6.92 Å². The predicted octanol–water partition coefficient (Wildman–Crippen LogP) is 0.924. The molecule has 1 unspecified atom stereocenters. The highest BCUT2D eigenvalue weighted by Gasteiger charge is 2.12. The predicted molar refractivity (Wildman–Crippen MR) is 58.4 cm³/mol. The molecule has 2 rings (SSSR count). The second-order valence-corrected chi connectivity index (χ2v) is 4.43. The fraction of sp³-hybridized carbons (Fsp3) is 0.222. The molecule has 0 spiro atoms. The van der Waals surface area contributed by atoms with Crippen molar-refractivity contribution >= 4 is 28.7 Å². The lowest BCUT2D eigenvalue weighted by molar-refractivity contribution is -0.117. The van der Waals surface area contributed by atoms with Crippen molar-refractivity contribution in [2.75, 3.05) is 0 Å². The molecule has 78 valence electrons. The summed E-state index contributed by atoms with van der Waals surface area (Å²) in [5.41, 5.74) is 6.86. The number of carbonyl (C=O) groups excluding carboxylic acids is 1. The summed E-state index contributed by atoms with van der Waals surface area (Å²) >= 11 is 1.31. The smallest absolute Gasteiger partial charge is 0.230 e. The van der Waals surface area contributed by atoms with Gasteiger partial charge in [0, 0.05) is 6.20 Å². The number of hydrogen-bond acceptors (Lipinski definition) is 4. The van der Waals surface area contributed by atoms with E-state index in [9.17, 15) is 4.79 Å². The maximum Gasteiger partial charge on any atom is 0.230 e. The molecule has 0 aliphatic carbocycles. The van der Waals surface area contributed by atoms with Crippen molar-refractivity contribution in [2.45, 2.75) is 17.3 Å². The second-order valence-electron chi connectivity index (χ2n) is 3.10. The topological polar surface area (TPSA) is 84.7 Å². The summed E-state index contributed by atoms with van der Waals surface area (Å²) in [6, 6.07) is 1.81. The van der Waals surface area contributed by atoms with Gasteiger partial charge in [0.15, 0.2) is 5.16 Å². The zero-order valence-corrected chi connectivity index (χ0v) is 8.91. The number of pyridine rings is 1. The van der Waals surface area contributed by atoms with Crippen LogP contribution in [0.5, 0.6) is 0 Å². The zero-order chi connectivity index (χ0) is 10.8. The van der Waals surface area contributed by atoms with E-state index in [0.29, 0.717) is 5.16 Å². The van der Waals surface area contributed by atoms with Crippen molar-refractivity contribution < 1.29 is 4.79 Å². The highest BCUT2D eigenvalue weighted by molar-refractivity contribution is 8.00. The number of primary amides is 1. The molecule has 0 saturated heterocycles. The van der Waals surface area contributed by atoms with Gasteiger partial charge in [-0.15, -0.1) is 0 Å². The van der Waals surface area contributed by atoms with Gasteiger partial charge in [-0.2, -0.15) is 0 Å². The first-order chi connectivity index (χ1) is 7.16. The van der Waals surface area contributed by atoms with Gasteiger partial charge in [-0.25, -0.2) is 4.98 Å². The van der Waals surface area contributed by atoms with Crippen LogP contribution in [0.4, 0.5) is 0 Å². The minimum Gasteiger partial charge on any atom is -0.369 e. The molecule has 2 aromatic heterocycles. The molecule has 0 fully saturated rings. The van der Waals surface area contributed by atoms with Crippen LogP contribution in [0.25, 0.3) is 11.0 Å². The number of rotatable bonds is 3. The van der Waals surface area contributed by atoms with Gasteiger partial charge >= 0.3 is 0 Å². The van der Waals surface area contributed by atoms with Crippen LogP contribution in [0.2, 0.25) is 0 Å². The Labute approximate surface area is 90.5 Å². The Bertz CT molecular complexity index is 463. The number of amides is 1. The van der Waals surface area contributed by atoms with E-state index in [2.05, 4.69) is 15.0 Å². The molecule has 1 amide bonds. The van der Waals surface area contributed by atoms with Crippen LogP contribution in [0.15, 0.2) is 23.6 Å². The van der Waals surface area contributed by atoms with Crippen LogP contribution >= 0.6 is 11.8 Å². The second kappa shape index (κ2) is 3.90.